The molecule has 0 spiro atoms. The summed E-state index contributed by atoms with van der Waals surface area (Å²) < 4.78 is 37.2. The van der Waals surface area contributed by atoms with Crippen LogP contribution >= 0.6 is 23.5 Å². The van der Waals surface area contributed by atoms with Gasteiger partial charge in [-0.05, 0) is 48.6 Å². The van der Waals surface area contributed by atoms with Crippen LogP contribution in [0.3, 0.4) is 0 Å². The molecule has 0 radical (unpaired) electrons. The minimum atomic E-state index is -4.17. The first-order chi connectivity index (χ1) is 14.5. The number of rotatable bonds is 9. The van der Waals surface area contributed by atoms with Gasteiger partial charge in [0, 0.05) is 33.9 Å². The number of amides is 1. The van der Waals surface area contributed by atoms with Gasteiger partial charge >= 0.3 is 6.18 Å². The highest BCUT2D eigenvalue weighted by Gasteiger charge is 2.26. The topological polar surface area (TPSA) is 41.1 Å². The normalized spacial score (nSPS) is 12.0. The molecular weight excluding hydrogens is 441 g/mol. The van der Waals surface area contributed by atoms with E-state index in [0.717, 1.165) is 10.6 Å². The minimum absolute atomic E-state index is 0.0291. The third-order valence-electron chi connectivity index (χ3n) is 4.44. The molecule has 2 aromatic rings. The summed E-state index contributed by atoms with van der Waals surface area (Å²) in [5.74, 6) is 0.625. The summed E-state index contributed by atoms with van der Waals surface area (Å²) in [6.07, 6.45) is -3.00. The van der Waals surface area contributed by atoms with E-state index in [4.69, 9.17) is 0 Å². The van der Waals surface area contributed by atoms with Gasteiger partial charge in [-0.25, -0.2) is 0 Å². The molecule has 0 atom stereocenters. The van der Waals surface area contributed by atoms with Crippen LogP contribution in [0.5, 0.6) is 0 Å². The van der Waals surface area contributed by atoms with Gasteiger partial charge in [-0.2, -0.15) is 13.2 Å². The van der Waals surface area contributed by atoms with Crippen LogP contribution in [-0.4, -0.2) is 24.9 Å². The molecule has 0 unspecified atom stereocenters. The first kappa shape index (κ1) is 25.5. The Labute approximate surface area is 191 Å². The summed E-state index contributed by atoms with van der Waals surface area (Å²) >= 11 is 3.34. The number of halogens is 3. The van der Waals surface area contributed by atoms with E-state index >= 15 is 0 Å². The number of hydrogen-bond donors (Lipinski definition) is 2. The molecule has 3 nitrogen and oxygen atoms in total. The number of alkyl halides is 3. The minimum Gasteiger partial charge on any atom is -0.383 e. The lowest BCUT2D eigenvalue weighted by Gasteiger charge is -2.20. The van der Waals surface area contributed by atoms with Crippen molar-refractivity contribution in [2.75, 3.05) is 23.4 Å². The standard InChI is InChI=1S/C23H29F3N2OS2/c1-22(2,3)21(29)28-20-14-18(31-15-16-6-8-17(30-4)9-7-16)10-11-19(20)27-13-5-12-23(24,25)26/h6-11,14,27H,5,12-13,15H2,1-4H3,(H,28,29). The van der Waals surface area contributed by atoms with Gasteiger partial charge in [-0.15, -0.1) is 23.5 Å². The fourth-order valence-corrected chi connectivity index (χ4v) is 3.88. The zero-order valence-corrected chi connectivity index (χ0v) is 19.9. The van der Waals surface area contributed by atoms with E-state index in [1.54, 1.807) is 23.5 Å². The smallest absolute Gasteiger partial charge is 0.383 e. The molecule has 170 valence electrons. The zero-order valence-electron chi connectivity index (χ0n) is 18.2. The average molecular weight is 471 g/mol. The van der Waals surface area contributed by atoms with Crippen molar-refractivity contribution >= 4 is 40.8 Å². The molecule has 1 amide bonds. The van der Waals surface area contributed by atoms with E-state index in [2.05, 4.69) is 34.9 Å². The number of benzene rings is 2. The Morgan fingerprint density at radius 2 is 1.61 bits per heavy atom. The van der Waals surface area contributed by atoms with E-state index in [1.807, 2.05) is 45.2 Å². The number of carbonyl (C=O) groups is 1. The summed E-state index contributed by atoms with van der Waals surface area (Å²) in [7, 11) is 0. The van der Waals surface area contributed by atoms with Crippen molar-refractivity contribution in [1.82, 2.24) is 0 Å². The number of carbonyl (C=O) groups excluding carboxylic acids is 1. The van der Waals surface area contributed by atoms with Crippen LogP contribution in [-0.2, 0) is 10.5 Å². The molecule has 0 saturated heterocycles. The predicted octanol–water partition coefficient (Wildman–Crippen LogP) is 7.44. The van der Waals surface area contributed by atoms with Crippen LogP contribution in [0.4, 0.5) is 24.5 Å². The lowest BCUT2D eigenvalue weighted by molar-refractivity contribution is -0.134. The molecule has 0 aromatic heterocycles. The number of anilines is 2. The van der Waals surface area contributed by atoms with Gasteiger partial charge in [-0.3, -0.25) is 4.79 Å². The quantitative estimate of drug-likeness (QED) is 0.295. The van der Waals surface area contributed by atoms with Crippen molar-refractivity contribution < 1.29 is 18.0 Å². The Morgan fingerprint density at radius 1 is 0.968 bits per heavy atom. The summed E-state index contributed by atoms with van der Waals surface area (Å²) in [6, 6.07) is 14.0. The van der Waals surface area contributed by atoms with E-state index in [0.29, 0.717) is 11.4 Å². The Balaban J connectivity index is 2.10. The van der Waals surface area contributed by atoms with Crippen molar-refractivity contribution in [2.24, 2.45) is 5.41 Å². The maximum absolute atomic E-state index is 12.5. The van der Waals surface area contributed by atoms with E-state index in [1.165, 1.54) is 10.5 Å². The summed E-state index contributed by atoms with van der Waals surface area (Å²) in [5.41, 5.74) is 1.80. The molecule has 31 heavy (non-hydrogen) atoms. The summed E-state index contributed by atoms with van der Waals surface area (Å²) in [6.45, 7) is 5.62. The first-order valence-corrected chi connectivity index (χ1v) is 12.2. The predicted molar refractivity (Wildman–Crippen MR) is 126 cm³/mol. The van der Waals surface area contributed by atoms with Gasteiger partial charge in [0.2, 0.25) is 5.91 Å². The van der Waals surface area contributed by atoms with Crippen LogP contribution in [0.2, 0.25) is 0 Å². The Kier molecular flexibility index (Phi) is 9.18. The van der Waals surface area contributed by atoms with Crippen molar-refractivity contribution in [3.8, 4) is 0 Å². The number of thioether (sulfide) groups is 2. The molecule has 0 heterocycles. The first-order valence-electron chi connectivity index (χ1n) is 10.00. The highest BCUT2D eigenvalue weighted by molar-refractivity contribution is 7.98. The van der Waals surface area contributed by atoms with Crippen molar-refractivity contribution in [1.29, 1.82) is 0 Å². The van der Waals surface area contributed by atoms with Crippen molar-refractivity contribution in [3.63, 3.8) is 0 Å². The highest BCUT2D eigenvalue weighted by Crippen LogP contribution is 2.32. The monoisotopic (exact) mass is 470 g/mol. The molecule has 2 N–H and O–H groups in total. The molecular formula is C23H29F3N2OS2. The van der Waals surface area contributed by atoms with Crippen LogP contribution in [0.25, 0.3) is 0 Å². The molecule has 2 aromatic carbocycles. The largest absolute Gasteiger partial charge is 0.389 e. The van der Waals surface area contributed by atoms with Gasteiger partial charge in [-0.1, -0.05) is 32.9 Å². The molecule has 0 aliphatic rings. The van der Waals surface area contributed by atoms with Crippen LogP contribution in [0.1, 0.15) is 39.2 Å². The third kappa shape index (κ3) is 9.07. The van der Waals surface area contributed by atoms with Gasteiger partial charge < -0.3 is 10.6 Å². The molecule has 0 fully saturated rings. The summed E-state index contributed by atoms with van der Waals surface area (Å²) in [4.78, 5) is 14.7. The number of hydrogen-bond acceptors (Lipinski definition) is 4. The Hall–Kier alpha value is -1.80. The maximum atomic E-state index is 12.5. The van der Waals surface area contributed by atoms with Crippen molar-refractivity contribution in [3.05, 3.63) is 48.0 Å². The number of nitrogens with one attached hydrogen (secondary N) is 2. The highest BCUT2D eigenvalue weighted by atomic mass is 32.2. The molecule has 0 aliphatic heterocycles. The second kappa shape index (κ2) is 11.2. The van der Waals surface area contributed by atoms with E-state index in [-0.39, 0.29) is 18.9 Å². The Bertz CT molecular complexity index is 863. The molecule has 0 bridgehead atoms. The van der Waals surface area contributed by atoms with Crippen LogP contribution in [0, 0.1) is 5.41 Å². The van der Waals surface area contributed by atoms with E-state index in [9.17, 15) is 18.0 Å². The maximum Gasteiger partial charge on any atom is 0.389 e. The van der Waals surface area contributed by atoms with Crippen molar-refractivity contribution in [2.45, 2.75) is 55.3 Å². The SMILES string of the molecule is CSc1ccc(CSc2ccc(NCCCC(F)(F)F)c(NC(=O)C(C)(C)C)c2)cc1. The lowest BCUT2D eigenvalue weighted by Crippen LogP contribution is -2.28. The fraction of sp³-hybridized carbons (Fsp3) is 0.435. The molecule has 0 saturated carbocycles. The molecule has 0 aliphatic carbocycles. The van der Waals surface area contributed by atoms with Crippen LogP contribution < -0.4 is 10.6 Å². The second-order valence-corrected chi connectivity index (χ2v) is 10.1. The van der Waals surface area contributed by atoms with Gasteiger partial charge in [0.25, 0.3) is 0 Å². The van der Waals surface area contributed by atoms with Gasteiger partial charge in [0.05, 0.1) is 11.4 Å². The third-order valence-corrected chi connectivity index (χ3v) is 6.25. The van der Waals surface area contributed by atoms with Gasteiger partial charge in [0.15, 0.2) is 0 Å². The fourth-order valence-electron chi connectivity index (χ4n) is 2.58. The van der Waals surface area contributed by atoms with Crippen LogP contribution in [0.15, 0.2) is 52.3 Å². The zero-order chi connectivity index (χ0) is 23.1. The second-order valence-electron chi connectivity index (χ2n) is 8.19. The average Bonchev–Trinajstić information content (AvgIpc) is 2.69. The van der Waals surface area contributed by atoms with E-state index < -0.39 is 18.0 Å². The molecule has 2 rings (SSSR count). The van der Waals surface area contributed by atoms with Gasteiger partial charge in [0.1, 0.15) is 0 Å². The summed E-state index contributed by atoms with van der Waals surface area (Å²) in [5, 5.41) is 5.95. The Morgan fingerprint density at radius 3 is 2.19 bits per heavy atom. The molecule has 8 heteroatoms. The lowest BCUT2D eigenvalue weighted by atomic mass is 9.95.